The Morgan fingerprint density at radius 1 is 1.48 bits per heavy atom. The fourth-order valence-electron chi connectivity index (χ4n) is 2.32. The van der Waals surface area contributed by atoms with E-state index in [4.69, 9.17) is 11.2 Å². The van der Waals surface area contributed by atoms with Crippen molar-refractivity contribution in [2.45, 2.75) is 32.6 Å². The number of rotatable bonds is 4. The van der Waals surface area contributed by atoms with E-state index < -0.39 is 5.92 Å². The van der Waals surface area contributed by atoms with Gasteiger partial charge in [-0.25, -0.2) is 0 Å². The van der Waals surface area contributed by atoms with Crippen LogP contribution in [-0.2, 0) is 14.3 Å². The van der Waals surface area contributed by atoms with Crippen molar-refractivity contribution in [3.63, 3.8) is 0 Å². The third-order valence-electron chi connectivity index (χ3n) is 3.47. The number of benzene rings is 1. The number of carbonyl (C=O) groups is 2. The van der Waals surface area contributed by atoms with Crippen molar-refractivity contribution in [1.29, 1.82) is 0 Å². The van der Waals surface area contributed by atoms with Gasteiger partial charge in [-0.3, -0.25) is 9.59 Å². The van der Waals surface area contributed by atoms with Gasteiger partial charge >= 0.3 is 5.97 Å². The topological polar surface area (TPSA) is 55.4 Å². The van der Waals surface area contributed by atoms with Gasteiger partial charge in [0.1, 0.15) is 0 Å². The number of nitrogens with one attached hydrogen (secondary N) is 1. The van der Waals surface area contributed by atoms with Crippen LogP contribution in [-0.4, -0.2) is 18.5 Å². The molecule has 1 aromatic carbocycles. The third kappa shape index (κ3) is 3.63. The maximum absolute atomic E-state index is 12.3. The first-order valence-corrected chi connectivity index (χ1v) is 6.92. The van der Waals surface area contributed by atoms with Crippen molar-refractivity contribution in [2.24, 2.45) is 5.41 Å². The van der Waals surface area contributed by atoms with Crippen LogP contribution in [0.2, 0.25) is 0 Å². The summed E-state index contributed by atoms with van der Waals surface area (Å²) in [6.45, 7) is 4.14. The van der Waals surface area contributed by atoms with Gasteiger partial charge in [0, 0.05) is 23.9 Å². The monoisotopic (exact) mass is 285 g/mol. The van der Waals surface area contributed by atoms with Crippen LogP contribution in [0.5, 0.6) is 0 Å². The summed E-state index contributed by atoms with van der Waals surface area (Å²) in [5.41, 5.74) is 1.22. The van der Waals surface area contributed by atoms with Gasteiger partial charge in [-0.2, -0.15) is 0 Å². The molecule has 1 amide bonds. The molecule has 1 atom stereocenters. The summed E-state index contributed by atoms with van der Waals surface area (Å²) in [6, 6.07) is 7.30. The van der Waals surface area contributed by atoms with Crippen molar-refractivity contribution in [2.75, 3.05) is 11.9 Å². The van der Waals surface area contributed by atoms with Gasteiger partial charge in [-0.15, -0.1) is 12.3 Å². The summed E-state index contributed by atoms with van der Waals surface area (Å²) in [6.07, 6.45) is 5.95. The smallest absolute Gasteiger partial charge is 0.314 e. The standard InChI is InChI=1S/C17H19NO3/c1-4-9-17(2,3)11-21-16(20)13-10-15(19)18-14-8-6-5-7-12(13)14/h1,5-8,13H,9-11H2,2-3H3,(H,18,19). The molecule has 1 N–H and O–H groups in total. The molecule has 0 bridgehead atoms. The van der Waals surface area contributed by atoms with Crippen LogP contribution < -0.4 is 5.32 Å². The molecule has 4 nitrogen and oxygen atoms in total. The van der Waals surface area contributed by atoms with Crippen LogP contribution in [0, 0.1) is 17.8 Å². The quantitative estimate of drug-likeness (QED) is 0.683. The Morgan fingerprint density at radius 3 is 2.90 bits per heavy atom. The van der Waals surface area contributed by atoms with Gasteiger partial charge in [0.05, 0.1) is 12.5 Å². The zero-order chi connectivity index (χ0) is 15.5. The zero-order valence-corrected chi connectivity index (χ0v) is 12.3. The lowest BCUT2D eigenvalue weighted by Crippen LogP contribution is -2.30. The number of anilines is 1. The van der Waals surface area contributed by atoms with E-state index >= 15 is 0 Å². The van der Waals surface area contributed by atoms with Gasteiger partial charge < -0.3 is 10.1 Å². The van der Waals surface area contributed by atoms with Gasteiger partial charge in [-0.1, -0.05) is 32.0 Å². The Kier molecular flexibility index (Phi) is 4.32. The zero-order valence-electron chi connectivity index (χ0n) is 12.3. The molecule has 21 heavy (non-hydrogen) atoms. The molecule has 1 unspecified atom stereocenters. The molecular weight excluding hydrogens is 266 g/mol. The molecule has 110 valence electrons. The average molecular weight is 285 g/mol. The highest BCUT2D eigenvalue weighted by Gasteiger charge is 2.32. The second kappa shape index (κ2) is 6.01. The van der Waals surface area contributed by atoms with Crippen molar-refractivity contribution >= 4 is 17.6 Å². The highest BCUT2D eigenvalue weighted by atomic mass is 16.5. The minimum Gasteiger partial charge on any atom is -0.465 e. The fourth-order valence-corrected chi connectivity index (χ4v) is 2.32. The van der Waals surface area contributed by atoms with Crippen LogP contribution in [0.3, 0.4) is 0 Å². The molecular formula is C17H19NO3. The maximum Gasteiger partial charge on any atom is 0.314 e. The van der Waals surface area contributed by atoms with E-state index in [9.17, 15) is 9.59 Å². The predicted molar refractivity (Wildman–Crippen MR) is 80.6 cm³/mol. The lowest BCUT2D eigenvalue weighted by atomic mass is 9.89. The molecule has 0 spiro atoms. The Bertz CT molecular complexity index is 598. The molecule has 0 fully saturated rings. The Labute approximate surface area is 124 Å². The minimum atomic E-state index is -0.545. The van der Waals surface area contributed by atoms with E-state index in [0.717, 1.165) is 5.56 Å². The van der Waals surface area contributed by atoms with E-state index in [0.29, 0.717) is 12.1 Å². The van der Waals surface area contributed by atoms with E-state index in [1.807, 2.05) is 32.0 Å². The third-order valence-corrected chi connectivity index (χ3v) is 3.47. The predicted octanol–water partition coefficient (Wildman–Crippen LogP) is 2.71. The first-order chi connectivity index (χ1) is 9.93. The van der Waals surface area contributed by atoms with Gasteiger partial charge in [0.25, 0.3) is 0 Å². The van der Waals surface area contributed by atoms with Crippen molar-refractivity contribution in [1.82, 2.24) is 0 Å². The number of fused-ring (bicyclic) bond motifs is 1. The molecule has 0 aromatic heterocycles. The van der Waals surface area contributed by atoms with Crippen LogP contribution in [0.1, 0.15) is 38.2 Å². The molecule has 0 radical (unpaired) electrons. The molecule has 0 aliphatic carbocycles. The molecule has 0 saturated carbocycles. The second-order valence-corrected chi connectivity index (χ2v) is 6.04. The van der Waals surface area contributed by atoms with Crippen molar-refractivity contribution in [3.8, 4) is 12.3 Å². The lowest BCUT2D eigenvalue weighted by Gasteiger charge is -2.26. The number of para-hydroxylation sites is 1. The molecule has 0 saturated heterocycles. The number of terminal acetylenes is 1. The molecule has 2 rings (SSSR count). The summed E-state index contributed by atoms with van der Waals surface area (Å²) >= 11 is 0. The van der Waals surface area contributed by atoms with Gasteiger partial charge in [0.2, 0.25) is 5.91 Å². The summed E-state index contributed by atoms with van der Waals surface area (Å²) in [5.74, 6) is 1.49. The van der Waals surface area contributed by atoms with Crippen LogP contribution in [0.4, 0.5) is 5.69 Å². The van der Waals surface area contributed by atoms with Gasteiger partial charge in [-0.05, 0) is 11.6 Å². The molecule has 1 aromatic rings. The first kappa shape index (κ1) is 15.1. The molecule has 1 heterocycles. The summed E-state index contributed by atoms with van der Waals surface area (Å²) in [5, 5.41) is 2.76. The maximum atomic E-state index is 12.3. The summed E-state index contributed by atoms with van der Waals surface area (Å²) < 4.78 is 5.39. The first-order valence-electron chi connectivity index (χ1n) is 6.92. The fraction of sp³-hybridized carbons (Fsp3) is 0.412. The highest BCUT2D eigenvalue weighted by Crippen LogP contribution is 2.33. The largest absolute Gasteiger partial charge is 0.465 e. The van der Waals surface area contributed by atoms with Gasteiger partial charge in [0.15, 0.2) is 0 Å². The van der Waals surface area contributed by atoms with Crippen LogP contribution in [0.15, 0.2) is 24.3 Å². The number of esters is 1. The summed E-state index contributed by atoms with van der Waals surface area (Å²) in [4.78, 5) is 24.0. The Morgan fingerprint density at radius 2 is 2.19 bits per heavy atom. The lowest BCUT2D eigenvalue weighted by molar-refractivity contribution is -0.149. The Balaban J connectivity index is 2.10. The number of ether oxygens (including phenoxy) is 1. The molecule has 1 aliphatic heterocycles. The van der Waals surface area contributed by atoms with Crippen molar-refractivity contribution < 1.29 is 14.3 Å². The molecule has 1 aliphatic rings. The second-order valence-electron chi connectivity index (χ2n) is 6.04. The number of hydrogen-bond donors (Lipinski definition) is 1. The SMILES string of the molecule is C#CCC(C)(C)COC(=O)C1CC(=O)Nc2ccccc21. The normalized spacial score (nSPS) is 17.4. The number of carbonyl (C=O) groups excluding carboxylic acids is 2. The van der Waals surface area contributed by atoms with Crippen LogP contribution >= 0.6 is 0 Å². The minimum absolute atomic E-state index is 0.116. The highest BCUT2D eigenvalue weighted by molar-refractivity contribution is 5.99. The Hall–Kier alpha value is -2.28. The number of amides is 1. The van der Waals surface area contributed by atoms with E-state index in [2.05, 4.69) is 11.2 Å². The van der Waals surface area contributed by atoms with Crippen molar-refractivity contribution in [3.05, 3.63) is 29.8 Å². The average Bonchev–Trinajstić information content (AvgIpc) is 2.44. The molecule has 4 heteroatoms. The van der Waals surface area contributed by atoms with E-state index in [1.54, 1.807) is 6.07 Å². The number of hydrogen-bond acceptors (Lipinski definition) is 3. The van der Waals surface area contributed by atoms with Crippen LogP contribution in [0.25, 0.3) is 0 Å². The van der Waals surface area contributed by atoms with E-state index in [1.165, 1.54) is 0 Å². The van der Waals surface area contributed by atoms with E-state index in [-0.39, 0.29) is 30.3 Å². The summed E-state index contributed by atoms with van der Waals surface area (Å²) in [7, 11) is 0.